The second kappa shape index (κ2) is 4.99. The van der Waals surface area contributed by atoms with E-state index < -0.39 is 20.0 Å². The van der Waals surface area contributed by atoms with Crippen LogP contribution in [0.15, 0.2) is 23.1 Å². The maximum Gasteiger partial charge on any atom is 0.294 e. The molecule has 1 aromatic rings. The van der Waals surface area contributed by atoms with Crippen LogP contribution < -0.4 is 0 Å². The Kier molecular flexibility index (Phi) is 4.19. The van der Waals surface area contributed by atoms with Crippen LogP contribution in [0.25, 0.3) is 0 Å². The zero-order valence-corrected chi connectivity index (χ0v) is 12.0. The summed E-state index contributed by atoms with van der Waals surface area (Å²) in [5.41, 5.74) is 1.03. The highest BCUT2D eigenvalue weighted by Crippen LogP contribution is 2.22. The van der Waals surface area contributed by atoms with Gasteiger partial charge in [-0.15, -0.1) is 0 Å². The van der Waals surface area contributed by atoms with Gasteiger partial charge >= 0.3 is 0 Å². The summed E-state index contributed by atoms with van der Waals surface area (Å²) in [7, 11) is -7.59. The van der Waals surface area contributed by atoms with Crippen molar-refractivity contribution >= 4 is 20.0 Å². The molecule has 1 rings (SSSR count). The van der Waals surface area contributed by atoms with Crippen molar-refractivity contribution in [3.63, 3.8) is 0 Å². The summed E-state index contributed by atoms with van der Waals surface area (Å²) >= 11 is 0. The summed E-state index contributed by atoms with van der Waals surface area (Å²) in [5, 5.41) is 0. The first kappa shape index (κ1) is 15.1. The van der Waals surface area contributed by atoms with Gasteiger partial charge in [0.05, 0.1) is 10.6 Å². The number of hydrogen-bond acceptors (Lipinski definition) is 4. The van der Waals surface area contributed by atoms with Gasteiger partial charge in [-0.05, 0) is 29.2 Å². The van der Waals surface area contributed by atoms with Gasteiger partial charge in [0.25, 0.3) is 10.1 Å². The van der Waals surface area contributed by atoms with Crippen molar-refractivity contribution < 1.29 is 21.4 Å². The minimum atomic E-state index is -4.33. The highest BCUT2D eigenvalue weighted by Gasteiger charge is 2.15. The first-order valence-corrected chi connectivity index (χ1v) is 8.78. The van der Waals surface area contributed by atoms with Crippen molar-refractivity contribution in [2.24, 2.45) is 0 Å². The molecule has 0 saturated heterocycles. The molecule has 1 N–H and O–H groups in total. The molecule has 0 aliphatic rings. The number of sulfone groups is 1. The number of benzene rings is 1. The van der Waals surface area contributed by atoms with Crippen LogP contribution in [0.4, 0.5) is 0 Å². The Bertz CT molecular complexity index is 642. The van der Waals surface area contributed by atoms with E-state index in [0.29, 0.717) is 11.1 Å². The highest BCUT2D eigenvalue weighted by molar-refractivity contribution is 7.89. The molecule has 0 amide bonds. The van der Waals surface area contributed by atoms with Crippen molar-refractivity contribution in [1.29, 1.82) is 0 Å². The van der Waals surface area contributed by atoms with Crippen LogP contribution in [0, 0.1) is 0 Å². The van der Waals surface area contributed by atoms with E-state index >= 15 is 0 Å². The van der Waals surface area contributed by atoms with Gasteiger partial charge in [-0.2, -0.15) is 8.42 Å². The maximum atomic E-state index is 11.2. The molecule has 0 saturated carbocycles. The summed E-state index contributed by atoms with van der Waals surface area (Å²) < 4.78 is 53.8. The van der Waals surface area contributed by atoms with Crippen molar-refractivity contribution in [2.75, 3.05) is 6.26 Å². The second-order valence-corrected chi connectivity index (χ2v) is 8.17. The average molecular weight is 292 g/mol. The van der Waals surface area contributed by atoms with E-state index in [0.717, 1.165) is 6.26 Å². The van der Waals surface area contributed by atoms with E-state index in [-0.39, 0.29) is 16.6 Å². The molecular weight excluding hydrogens is 276 g/mol. The maximum absolute atomic E-state index is 11.2. The minimum absolute atomic E-state index is 0.0324. The normalized spacial score (nSPS) is 12.9. The van der Waals surface area contributed by atoms with Gasteiger partial charge in [0.1, 0.15) is 0 Å². The van der Waals surface area contributed by atoms with Gasteiger partial charge in [0, 0.05) is 6.26 Å². The molecule has 1 aromatic carbocycles. The lowest BCUT2D eigenvalue weighted by Gasteiger charge is -2.10. The third-order valence-corrected chi connectivity index (χ3v) is 4.07. The Morgan fingerprint density at radius 2 is 1.67 bits per heavy atom. The number of rotatable bonds is 4. The summed E-state index contributed by atoms with van der Waals surface area (Å²) in [4.78, 5) is -0.271. The van der Waals surface area contributed by atoms with Crippen LogP contribution in [0.5, 0.6) is 0 Å². The molecule has 0 spiro atoms. The third-order valence-electron chi connectivity index (χ3n) is 2.38. The van der Waals surface area contributed by atoms with Crippen molar-refractivity contribution in [2.45, 2.75) is 30.4 Å². The van der Waals surface area contributed by atoms with E-state index in [9.17, 15) is 16.8 Å². The SMILES string of the molecule is CC(C)c1cc(CS(C)(=O)=O)cc(S(=O)(=O)O)c1. The van der Waals surface area contributed by atoms with Gasteiger partial charge in [0.2, 0.25) is 0 Å². The Morgan fingerprint density at radius 1 is 1.11 bits per heavy atom. The van der Waals surface area contributed by atoms with E-state index in [2.05, 4.69) is 0 Å². The van der Waals surface area contributed by atoms with E-state index in [1.54, 1.807) is 6.07 Å². The quantitative estimate of drug-likeness (QED) is 0.851. The molecule has 0 aromatic heterocycles. The summed E-state index contributed by atoms with van der Waals surface area (Å²) in [5.74, 6) is -0.221. The molecule has 0 unspecified atom stereocenters. The molecule has 0 bridgehead atoms. The van der Waals surface area contributed by atoms with Crippen molar-refractivity contribution in [3.05, 3.63) is 29.3 Å². The minimum Gasteiger partial charge on any atom is -0.282 e. The van der Waals surface area contributed by atoms with E-state index in [1.165, 1.54) is 12.1 Å². The van der Waals surface area contributed by atoms with Gasteiger partial charge in [-0.1, -0.05) is 19.9 Å². The summed E-state index contributed by atoms with van der Waals surface area (Å²) in [6.45, 7) is 3.71. The molecule has 7 heteroatoms. The third kappa shape index (κ3) is 4.40. The Morgan fingerprint density at radius 3 is 2.06 bits per heavy atom. The van der Waals surface area contributed by atoms with Gasteiger partial charge in [-0.25, -0.2) is 8.42 Å². The van der Waals surface area contributed by atoms with Crippen LogP contribution in [0.3, 0.4) is 0 Å². The summed E-state index contributed by atoms with van der Waals surface area (Å²) in [6, 6.07) is 4.18. The fraction of sp³-hybridized carbons (Fsp3) is 0.455. The monoisotopic (exact) mass is 292 g/mol. The first-order valence-electron chi connectivity index (χ1n) is 5.28. The molecule has 5 nitrogen and oxygen atoms in total. The lowest BCUT2D eigenvalue weighted by Crippen LogP contribution is -2.05. The molecular formula is C11H16O5S2. The Balaban J connectivity index is 3.41. The lowest BCUT2D eigenvalue weighted by atomic mass is 10.0. The highest BCUT2D eigenvalue weighted by atomic mass is 32.2. The van der Waals surface area contributed by atoms with Crippen LogP contribution in [-0.4, -0.2) is 27.6 Å². The van der Waals surface area contributed by atoms with Crippen LogP contribution >= 0.6 is 0 Å². The Labute approximate surface area is 108 Å². The van der Waals surface area contributed by atoms with Crippen molar-refractivity contribution in [3.8, 4) is 0 Å². The predicted octanol–water partition coefficient (Wildman–Crippen LogP) is 1.60. The van der Waals surface area contributed by atoms with E-state index in [4.69, 9.17) is 4.55 Å². The molecule has 102 valence electrons. The van der Waals surface area contributed by atoms with Gasteiger partial charge < -0.3 is 0 Å². The van der Waals surface area contributed by atoms with Crippen LogP contribution in [0.2, 0.25) is 0 Å². The topological polar surface area (TPSA) is 88.5 Å². The van der Waals surface area contributed by atoms with Gasteiger partial charge in [0.15, 0.2) is 9.84 Å². The number of hydrogen-bond donors (Lipinski definition) is 1. The second-order valence-electron chi connectivity index (χ2n) is 4.61. The molecule has 0 heterocycles. The van der Waals surface area contributed by atoms with E-state index in [1.807, 2.05) is 13.8 Å². The molecule has 0 aliphatic carbocycles. The smallest absolute Gasteiger partial charge is 0.282 e. The average Bonchev–Trinajstić information content (AvgIpc) is 2.12. The molecule has 0 aliphatic heterocycles. The summed E-state index contributed by atoms with van der Waals surface area (Å²) in [6.07, 6.45) is 1.07. The zero-order chi connectivity index (χ0) is 14.1. The van der Waals surface area contributed by atoms with Crippen LogP contribution in [-0.2, 0) is 25.7 Å². The lowest BCUT2D eigenvalue weighted by molar-refractivity contribution is 0.483. The van der Waals surface area contributed by atoms with Crippen molar-refractivity contribution in [1.82, 2.24) is 0 Å². The largest absolute Gasteiger partial charge is 0.294 e. The fourth-order valence-corrected chi connectivity index (χ4v) is 2.91. The molecule has 0 atom stereocenters. The first-order chi connectivity index (χ1) is 7.99. The molecule has 18 heavy (non-hydrogen) atoms. The van der Waals surface area contributed by atoms with Gasteiger partial charge in [-0.3, -0.25) is 4.55 Å². The standard InChI is InChI=1S/C11H16O5S2/c1-8(2)10-4-9(7-17(3,12)13)5-11(6-10)18(14,15)16/h4-6,8H,7H2,1-3H3,(H,14,15,16). The fourth-order valence-electron chi connectivity index (χ4n) is 1.55. The molecule has 0 radical (unpaired) electrons. The zero-order valence-electron chi connectivity index (χ0n) is 10.4. The predicted molar refractivity (Wildman–Crippen MR) is 68.9 cm³/mol. The molecule has 0 fully saturated rings. The van der Waals surface area contributed by atoms with Crippen LogP contribution in [0.1, 0.15) is 30.9 Å². The Hall–Kier alpha value is -0.920.